The van der Waals surface area contributed by atoms with Gasteiger partial charge in [-0.1, -0.05) is 30.3 Å². The highest BCUT2D eigenvalue weighted by molar-refractivity contribution is 5.77. The predicted octanol–water partition coefficient (Wildman–Crippen LogP) is -0.0447. The van der Waals surface area contributed by atoms with Gasteiger partial charge in [0.25, 0.3) is 0 Å². The summed E-state index contributed by atoms with van der Waals surface area (Å²) in [5.41, 5.74) is 1.19. The molecule has 0 saturated carbocycles. The molecule has 1 aromatic carbocycles. The average Bonchev–Trinajstić information content (AvgIpc) is 2.91. The molecule has 0 saturated heterocycles. The van der Waals surface area contributed by atoms with Crippen LogP contribution in [0.3, 0.4) is 0 Å². The molecular formula is C14H19N5O2. The third-order valence-electron chi connectivity index (χ3n) is 2.97. The molecule has 1 heterocycles. The highest BCUT2D eigenvalue weighted by Gasteiger charge is 2.11. The van der Waals surface area contributed by atoms with Crippen molar-refractivity contribution in [2.75, 3.05) is 6.54 Å². The number of rotatable bonds is 7. The molecule has 21 heavy (non-hydrogen) atoms. The minimum absolute atomic E-state index is 0.106. The van der Waals surface area contributed by atoms with Crippen LogP contribution in [-0.2, 0) is 24.2 Å². The Morgan fingerprint density at radius 1 is 1.38 bits per heavy atom. The number of amides is 1. The van der Waals surface area contributed by atoms with Crippen LogP contribution in [0.5, 0.6) is 0 Å². The number of aromatic nitrogens is 4. The lowest BCUT2D eigenvalue weighted by atomic mass is 10.1. The smallest absolute Gasteiger partial charge is 0.227 e. The van der Waals surface area contributed by atoms with E-state index in [9.17, 15) is 4.79 Å². The molecule has 2 aromatic rings. The number of benzene rings is 1. The molecule has 0 spiro atoms. The van der Waals surface area contributed by atoms with E-state index in [4.69, 9.17) is 5.11 Å². The summed E-state index contributed by atoms with van der Waals surface area (Å²) >= 11 is 0. The zero-order chi connectivity index (χ0) is 15.1. The quantitative estimate of drug-likeness (QED) is 0.746. The number of aliphatic hydroxyl groups is 1. The molecule has 7 heteroatoms. The van der Waals surface area contributed by atoms with Crippen molar-refractivity contribution in [1.82, 2.24) is 25.5 Å². The Morgan fingerprint density at radius 3 is 2.86 bits per heavy atom. The summed E-state index contributed by atoms with van der Waals surface area (Å²) in [5.74, 6) is 0.320. The second-order valence-electron chi connectivity index (χ2n) is 4.88. The normalized spacial score (nSPS) is 12.1. The fourth-order valence-corrected chi connectivity index (χ4v) is 1.87. The van der Waals surface area contributed by atoms with Gasteiger partial charge in [0.15, 0.2) is 5.82 Å². The maximum atomic E-state index is 11.7. The summed E-state index contributed by atoms with van der Waals surface area (Å²) in [7, 11) is 0. The van der Waals surface area contributed by atoms with Gasteiger partial charge in [0, 0.05) is 13.1 Å². The third kappa shape index (κ3) is 4.96. The summed E-state index contributed by atoms with van der Waals surface area (Å²) in [6, 6.07) is 10.0. The van der Waals surface area contributed by atoms with E-state index < -0.39 is 6.10 Å². The van der Waals surface area contributed by atoms with Gasteiger partial charge in [0.05, 0.1) is 12.5 Å². The van der Waals surface area contributed by atoms with Crippen LogP contribution >= 0.6 is 0 Å². The van der Waals surface area contributed by atoms with Gasteiger partial charge in [-0.25, -0.2) is 4.68 Å². The van der Waals surface area contributed by atoms with Gasteiger partial charge < -0.3 is 10.4 Å². The molecule has 0 radical (unpaired) electrons. The number of carbonyl (C=O) groups excluding carboxylic acids is 1. The van der Waals surface area contributed by atoms with E-state index in [-0.39, 0.29) is 18.9 Å². The van der Waals surface area contributed by atoms with Crippen molar-refractivity contribution in [3.8, 4) is 0 Å². The van der Waals surface area contributed by atoms with Crippen molar-refractivity contribution in [2.24, 2.45) is 0 Å². The molecular weight excluding hydrogens is 270 g/mol. The number of aryl methyl sites for hydroxylation is 2. The number of tetrazole rings is 1. The maximum absolute atomic E-state index is 11.7. The van der Waals surface area contributed by atoms with E-state index >= 15 is 0 Å². The van der Waals surface area contributed by atoms with E-state index in [0.717, 1.165) is 6.42 Å². The van der Waals surface area contributed by atoms with Crippen LogP contribution in [0, 0.1) is 0 Å². The Hall–Kier alpha value is -2.28. The number of aliphatic hydroxyl groups excluding tert-OH is 1. The van der Waals surface area contributed by atoms with Crippen molar-refractivity contribution in [1.29, 1.82) is 0 Å². The van der Waals surface area contributed by atoms with Crippen LogP contribution < -0.4 is 5.32 Å². The molecule has 1 aromatic heterocycles. The Bertz CT molecular complexity index is 568. The largest absolute Gasteiger partial charge is 0.392 e. The summed E-state index contributed by atoms with van der Waals surface area (Å²) < 4.78 is 1.63. The molecule has 0 bridgehead atoms. The van der Waals surface area contributed by atoms with E-state index in [2.05, 4.69) is 20.8 Å². The lowest BCUT2D eigenvalue weighted by molar-refractivity contribution is -0.121. The van der Waals surface area contributed by atoms with Gasteiger partial charge in [0.1, 0.15) is 0 Å². The van der Waals surface area contributed by atoms with Crippen LogP contribution in [0.4, 0.5) is 0 Å². The first-order valence-corrected chi connectivity index (χ1v) is 6.89. The lowest BCUT2D eigenvalue weighted by Gasteiger charge is -2.07. The topological polar surface area (TPSA) is 92.9 Å². The minimum Gasteiger partial charge on any atom is -0.392 e. The van der Waals surface area contributed by atoms with Crippen LogP contribution in [-0.4, -0.2) is 43.9 Å². The number of carbonyl (C=O) groups is 1. The Balaban J connectivity index is 1.88. The summed E-state index contributed by atoms with van der Waals surface area (Å²) in [5, 5.41) is 23.2. The Morgan fingerprint density at radius 2 is 2.14 bits per heavy atom. The van der Waals surface area contributed by atoms with Crippen molar-refractivity contribution < 1.29 is 9.90 Å². The number of nitrogens with zero attached hydrogens (tertiary/aromatic N) is 4. The van der Waals surface area contributed by atoms with Crippen molar-refractivity contribution in [3.05, 3.63) is 41.7 Å². The molecule has 1 unspecified atom stereocenters. The highest BCUT2D eigenvalue weighted by Crippen LogP contribution is 2.02. The molecule has 0 aliphatic carbocycles. The second-order valence-corrected chi connectivity index (χ2v) is 4.88. The van der Waals surface area contributed by atoms with Crippen molar-refractivity contribution in [3.63, 3.8) is 0 Å². The Kier molecular flexibility index (Phi) is 5.39. The number of hydrogen-bond donors (Lipinski definition) is 2. The van der Waals surface area contributed by atoms with Crippen LogP contribution in [0.2, 0.25) is 0 Å². The summed E-state index contributed by atoms with van der Waals surface area (Å²) in [6.07, 6.45) is 0.339. The van der Waals surface area contributed by atoms with Gasteiger partial charge in [-0.05, 0) is 29.3 Å². The van der Waals surface area contributed by atoms with Crippen LogP contribution in [0.15, 0.2) is 30.3 Å². The first-order valence-electron chi connectivity index (χ1n) is 6.89. The molecule has 0 aliphatic heterocycles. The van der Waals surface area contributed by atoms with Gasteiger partial charge in [0.2, 0.25) is 5.91 Å². The standard InChI is InChI=1S/C14H19N5O2/c1-11(20)10-15-14(21)9-13-16-17-18-19(13)8-7-12-5-3-2-4-6-12/h2-6,11,20H,7-10H2,1H3,(H,15,21). The zero-order valence-electron chi connectivity index (χ0n) is 11.9. The van der Waals surface area contributed by atoms with Crippen molar-refractivity contribution in [2.45, 2.75) is 32.4 Å². The Labute approximate surface area is 123 Å². The van der Waals surface area contributed by atoms with E-state index in [0.29, 0.717) is 12.4 Å². The summed E-state index contributed by atoms with van der Waals surface area (Å²) in [4.78, 5) is 11.7. The molecule has 2 N–H and O–H groups in total. The second kappa shape index (κ2) is 7.49. The average molecular weight is 289 g/mol. The molecule has 2 rings (SSSR count). The number of hydrogen-bond acceptors (Lipinski definition) is 5. The lowest BCUT2D eigenvalue weighted by Crippen LogP contribution is -2.32. The first-order chi connectivity index (χ1) is 10.1. The minimum atomic E-state index is -0.567. The van der Waals surface area contributed by atoms with Gasteiger partial charge in [-0.2, -0.15) is 0 Å². The zero-order valence-corrected chi connectivity index (χ0v) is 11.9. The predicted molar refractivity (Wildman–Crippen MR) is 76.4 cm³/mol. The molecule has 112 valence electrons. The van der Waals surface area contributed by atoms with Gasteiger partial charge in [-0.15, -0.1) is 5.10 Å². The van der Waals surface area contributed by atoms with Crippen molar-refractivity contribution >= 4 is 5.91 Å². The van der Waals surface area contributed by atoms with E-state index in [1.807, 2.05) is 30.3 Å². The van der Waals surface area contributed by atoms with E-state index in [1.165, 1.54) is 5.56 Å². The highest BCUT2D eigenvalue weighted by atomic mass is 16.3. The fourth-order valence-electron chi connectivity index (χ4n) is 1.87. The molecule has 1 amide bonds. The molecule has 7 nitrogen and oxygen atoms in total. The van der Waals surface area contributed by atoms with Gasteiger partial charge in [-0.3, -0.25) is 4.79 Å². The molecule has 0 aliphatic rings. The third-order valence-corrected chi connectivity index (χ3v) is 2.97. The van der Waals surface area contributed by atoms with Crippen LogP contribution in [0.1, 0.15) is 18.3 Å². The van der Waals surface area contributed by atoms with E-state index in [1.54, 1.807) is 11.6 Å². The first kappa shape index (κ1) is 15.1. The molecule has 0 fully saturated rings. The maximum Gasteiger partial charge on any atom is 0.227 e. The molecule has 1 atom stereocenters. The number of nitrogens with one attached hydrogen (secondary N) is 1. The summed E-state index contributed by atoms with van der Waals surface area (Å²) in [6.45, 7) is 2.46. The fraction of sp³-hybridized carbons (Fsp3) is 0.429. The van der Waals surface area contributed by atoms with Gasteiger partial charge >= 0.3 is 0 Å². The SMILES string of the molecule is CC(O)CNC(=O)Cc1nnnn1CCc1ccccc1. The van der Waals surface area contributed by atoms with Crippen LogP contribution in [0.25, 0.3) is 0 Å². The monoisotopic (exact) mass is 289 g/mol.